The standard InChI is InChI=1S/C12H21N3OS/c1-6-15(9(2)16)11-14-10(8-17-11)7-13-12(3,4)5/h8,13H,6-7H2,1-5H3. The molecule has 17 heavy (non-hydrogen) atoms. The molecule has 0 bridgehead atoms. The third kappa shape index (κ3) is 4.44. The lowest BCUT2D eigenvalue weighted by Gasteiger charge is -2.19. The Kier molecular flexibility index (Phi) is 4.65. The second-order valence-corrected chi connectivity index (χ2v) is 5.82. The second-order valence-electron chi connectivity index (χ2n) is 4.99. The molecule has 1 aromatic heterocycles. The quantitative estimate of drug-likeness (QED) is 0.898. The Balaban J connectivity index is 2.68. The van der Waals surface area contributed by atoms with Crippen LogP contribution in [0, 0.1) is 0 Å². The number of rotatable bonds is 4. The zero-order chi connectivity index (χ0) is 13.1. The number of hydrogen-bond donors (Lipinski definition) is 1. The Labute approximate surface area is 107 Å². The van der Waals surface area contributed by atoms with Crippen LogP contribution >= 0.6 is 11.3 Å². The molecule has 0 unspecified atom stereocenters. The van der Waals surface area contributed by atoms with Crippen molar-refractivity contribution < 1.29 is 4.79 Å². The van der Waals surface area contributed by atoms with E-state index in [1.54, 1.807) is 11.8 Å². The maximum Gasteiger partial charge on any atom is 0.225 e. The maximum atomic E-state index is 11.4. The summed E-state index contributed by atoms with van der Waals surface area (Å²) >= 11 is 1.52. The van der Waals surface area contributed by atoms with E-state index in [1.807, 2.05) is 12.3 Å². The summed E-state index contributed by atoms with van der Waals surface area (Å²) in [6.07, 6.45) is 0. The number of amides is 1. The van der Waals surface area contributed by atoms with Crippen LogP contribution in [0.2, 0.25) is 0 Å². The van der Waals surface area contributed by atoms with Crippen LogP contribution in [0.25, 0.3) is 0 Å². The SMILES string of the molecule is CCN(C(C)=O)c1nc(CNC(C)(C)C)cs1. The molecule has 5 heteroatoms. The van der Waals surface area contributed by atoms with E-state index in [-0.39, 0.29) is 11.4 Å². The van der Waals surface area contributed by atoms with E-state index in [1.165, 1.54) is 11.3 Å². The first-order valence-corrected chi connectivity index (χ1v) is 6.69. The predicted octanol–water partition coefficient (Wildman–Crippen LogP) is 2.40. The van der Waals surface area contributed by atoms with Gasteiger partial charge in [-0.05, 0) is 27.7 Å². The van der Waals surface area contributed by atoms with Crippen LogP contribution in [0.5, 0.6) is 0 Å². The van der Waals surface area contributed by atoms with Gasteiger partial charge in [0.05, 0.1) is 5.69 Å². The van der Waals surface area contributed by atoms with Gasteiger partial charge >= 0.3 is 0 Å². The van der Waals surface area contributed by atoms with Crippen LogP contribution in [0.3, 0.4) is 0 Å². The molecule has 1 heterocycles. The van der Waals surface area contributed by atoms with Crippen LogP contribution in [-0.4, -0.2) is 23.0 Å². The molecule has 0 saturated carbocycles. The highest BCUT2D eigenvalue weighted by Gasteiger charge is 2.14. The van der Waals surface area contributed by atoms with Crippen LogP contribution in [0.4, 0.5) is 5.13 Å². The van der Waals surface area contributed by atoms with Crippen LogP contribution in [0.15, 0.2) is 5.38 Å². The van der Waals surface area contributed by atoms with Crippen molar-refractivity contribution in [3.8, 4) is 0 Å². The first-order chi connectivity index (χ1) is 7.83. The first-order valence-electron chi connectivity index (χ1n) is 5.81. The maximum absolute atomic E-state index is 11.4. The van der Waals surface area contributed by atoms with Gasteiger partial charge in [-0.15, -0.1) is 11.3 Å². The molecule has 96 valence electrons. The Hall–Kier alpha value is -0.940. The summed E-state index contributed by atoms with van der Waals surface area (Å²) in [6, 6.07) is 0. The van der Waals surface area contributed by atoms with Crippen molar-refractivity contribution in [2.24, 2.45) is 0 Å². The van der Waals surface area contributed by atoms with E-state index in [2.05, 4.69) is 31.1 Å². The van der Waals surface area contributed by atoms with Gasteiger partial charge in [-0.1, -0.05) is 0 Å². The lowest BCUT2D eigenvalue weighted by atomic mass is 10.1. The molecule has 0 aliphatic heterocycles. The van der Waals surface area contributed by atoms with Gasteiger partial charge in [0.15, 0.2) is 5.13 Å². The second kappa shape index (κ2) is 5.60. The summed E-state index contributed by atoms with van der Waals surface area (Å²) in [5.74, 6) is 0.0391. The lowest BCUT2D eigenvalue weighted by Crippen LogP contribution is -2.35. The van der Waals surface area contributed by atoms with E-state index in [9.17, 15) is 4.79 Å². The molecule has 0 aliphatic rings. The molecule has 0 spiro atoms. The van der Waals surface area contributed by atoms with Crippen molar-refractivity contribution >= 4 is 22.4 Å². The minimum atomic E-state index is 0.0391. The highest BCUT2D eigenvalue weighted by molar-refractivity contribution is 7.14. The predicted molar refractivity (Wildman–Crippen MR) is 72.4 cm³/mol. The molecule has 1 aromatic rings. The van der Waals surface area contributed by atoms with Crippen molar-refractivity contribution in [3.63, 3.8) is 0 Å². The molecule has 1 amide bonds. The van der Waals surface area contributed by atoms with Gasteiger partial charge in [0.1, 0.15) is 0 Å². The normalized spacial score (nSPS) is 11.6. The van der Waals surface area contributed by atoms with E-state index in [0.717, 1.165) is 17.4 Å². The van der Waals surface area contributed by atoms with E-state index >= 15 is 0 Å². The third-order valence-corrected chi connectivity index (χ3v) is 3.18. The number of nitrogens with zero attached hydrogens (tertiary/aromatic N) is 2. The van der Waals surface area contributed by atoms with E-state index in [0.29, 0.717) is 6.54 Å². The van der Waals surface area contributed by atoms with Gasteiger partial charge in [0, 0.05) is 30.9 Å². The van der Waals surface area contributed by atoms with Gasteiger partial charge < -0.3 is 5.32 Å². The molecule has 1 rings (SSSR count). The molecule has 0 radical (unpaired) electrons. The zero-order valence-electron chi connectivity index (χ0n) is 11.2. The minimum Gasteiger partial charge on any atom is -0.306 e. The van der Waals surface area contributed by atoms with Gasteiger partial charge in [-0.3, -0.25) is 9.69 Å². The smallest absolute Gasteiger partial charge is 0.225 e. The highest BCUT2D eigenvalue weighted by Crippen LogP contribution is 2.20. The van der Waals surface area contributed by atoms with E-state index < -0.39 is 0 Å². The largest absolute Gasteiger partial charge is 0.306 e. The summed E-state index contributed by atoms with van der Waals surface area (Å²) in [5, 5.41) is 6.16. The third-order valence-electron chi connectivity index (χ3n) is 2.27. The lowest BCUT2D eigenvalue weighted by molar-refractivity contribution is -0.116. The fraction of sp³-hybridized carbons (Fsp3) is 0.667. The summed E-state index contributed by atoms with van der Waals surface area (Å²) in [7, 11) is 0. The molecule has 0 aromatic carbocycles. The Bertz CT molecular complexity index is 381. The average Bonchev–Trinajstić information content (AvgIpc) is 2.63. The van der Waals surface area contributed by atoms with Gasteiger partial charge in [0.25, 0.3) is 0 Å². The molecule has 0 aliphatic carbocycles. The molecule has 0 atom stereocenters. The summed E-state index contributed by atoms with van der Waals surface area (Å²) in [4.78, 5) is 17.5. The topological polar surface area (TPSA) is 45.2 Å². The molecular formula is C12H21N3OS. The number of thiazole rings is 1. The summed E-state index contributed by atoms with van der Waals surface area (Å²) < 4.78 is 0. The van der Waals surface area contributed by atoms with Crippen molar-refractivity contribution in [3.05, 3.63) is 11.1 Å². The van der Waals surface area contributed by atoms with Crippen LogP contribution < -0.4 is 10.2 Å². The van der Waals surface area contributed by atoms with Gasteiger partial charge in [-0.2, -0.15) is 0 Å². The Morgan fingerprint density at radius 1 is 1.53 bits per heavy atom. The van der Waals surface area contributed by atoms with Crippen LogP contribution in [0.1, 0.15) is 40.3 Å². The Morgan fingerprint density at radius 2 is 2.18 bits per heavy atom. The summed E-state index contributed by atoms with van der Waals surface area (Å²) in [5.41, 5.74) is 1.06. The average molecular weight is 255 g/mol. The monoisotopic (exact) mass is 255 g/mol. The minimum absolute atomic E-state index is 0.0391. The van der Waals surface area contributed by atoms with Crippen molar-refractivity contribution in [1.82, 2.24) is 10.3 Å². The number of hydrogen-bond acceptors (Lipinski definition) is 4. The fourth-order valence-corrected chi connectivity index (χ4v) is 2.28. The fourth-order valence-electron chi connectivity index (χ4n) is 1.35. The van der Waals surface area contributed by atoms with Crippen molar-refractivity contribution in [1.29, 1.82) is 0 Å². The molecule has 0 saturated heterocycles. The first kappa shape index (κ1) is 14.1. The molecule has 1 N–H and O–H groups in total. The Morgan fingerprint density at radius 3 is 2.65 bits per heavy atom. The van der Waals surface area contributed by atoms with Crippen molar-refractivity contribution in [2.75, 3.05) is 11.4 Å². The van der Waals surface area contributed by atoms with Crippen LogP contribution in [-0.2, 0) is 11.3 Å². The number of carbonyl (C=O) groups is 1. The van der Waals surface area contributed by atoms with Gasteiger partial charge in [-0.25, -0.2) is 4.98 Å². The van der Waals surface area contributed by atoms with Crippen molar-refractivity contribution in [2.45, 2.75) is 46.7 Å². The van der Waals surface area contributed by atoms with E-state index in [4.69, 9.17) is 0 Å². The summed E-state index contributed by atoms with van der Waals surface area (Å²) in [6.45, 7) is 11.3. The molecule has 0 fully saturated rings. The number of aromatic nitrogens is 1. The zero-order valence-corrected chi connectivity index (χ0v) is 12.0. The molecular weight excluding hydrogens is 234 g/mol. The number of nitrogens with one attached hydrogen (secondary N) is 1. The number of carbonyl (C=O) groups excluding carboxylic acids is 1. The van der Waals surface area contributed by atoms with Gasteiger partial charge in [0.2, 0.25) is 5.91 Å². The molecule has 4 nitrogen and oxygen atoms in total. The highest BCUT2D eigenvalue weighted by atomic mass is 32.1. The number of anilines is 1.